The zero-order valence-corrected chi connectivity index (χ0v) is 9.95. The van der Waals surface area contributed by atoms with E-state index < -0.39 is 0 Å². The molecule has 0 bridgehead atoms. The summed E-state index contributed by atoms with van der Waals surface area (Å²) in [4.78, 5) is 13.8. The highest BCUT2D eigenvalue weighted by molar-refractivity contribution is 5.80. The Morgan fingerprint density at radius 1 is 1.67 bits per heavy atom. The lowest BCUT2D eigenvalue weighted by molar-refractivity contribution is -0.141. The zero-order chi connectivity index (χ0) is 11.5. The molecule has 1 rings (SSSR count). The second-order valence-electron chi connectivity index (χ2n) is 4.62. The van der Waals surface area contributed by atoms with Crippen molar-refractivity contribution in [2.75, 3.05) is 26.2 Å². The number of hydrogen-bond acceptors (Lipinski definition) is 3. The SMILES string of the molecule is CCOC(C)C(=O)N1CCC(C)(CN)C1. The fourth-order valence-corrected chi connectivity index (χ4v) is 1.96. The molecule has 4 nitrogen and oxygen atoms in total. The van der Waals surface area contributed by atoms with E-state index in [9.17, 15) is 4.79 Å². The van der Waals surface area contributed by atoms with Gasteiger partial charge >= 0.3 is 0 Å². The van der Waals surface area contributed by atoms with Crippen molar-refractivity contribution in [3.63, 3.8) is 0 Å². The van der Waals surface area contributed by atoms with E-state index in [1.807, 2.05) is 18.7 Å². The van der Waals surface area contributed by atoms with Crippen molar-refractivity contribution in [1.82, 2.24) is 4.90 Å². The van der Waals surface area contributed by atoms with Crippen LogP contribution in [0.4, 0.5) is 0 Å². The minimum absolute atomic E-state index is 0.0917. The van der Waals surface area contributed by atoms with Crippen LogP contribution in [0.3, 0.4) is 0 Å². The fourth-order valence-electron chi connectivity index (χ4n) is 1.96. The van der Waals surface area contributed by atoms with Gasteiger partial charge < -0.3 is 15.4 Å². The van der Waals surface area contributed by atoms with Crippen LogP contribution in [0.5, 0.6) is 0 Å². The smallest absolute Gasteiger partial charge is 0.251 e. The lowest BCUT2D eigenvalue weighted by Crippen LogP contribution is -2.40. The van der Waals surface area contributed by atoms with E-state index in [4.69, 9.17) is 10.5 Å². The molecule has 0 spiro atoms. The Labute approximate surface area is 91.8 Å². The van der Waals surface area contributed by atoms with E-state index in [1.54, 1.807) is 0 Å². The third-order valence-electron chi connectivity index (χ3n) is 3.13. The van der Waals surface area contributed by atoms with Gasteiger partial charge in [-0.1, -0.05) is 6.92 Å². The molecule has 2 N–H and O–H groups in total. The number of rotatable bonds is 4. The first-order chi connectivity index (χ1) is 7.02. The van der Waals surface area contributed by atoms with E-state index in [2.05, 4.69) is 6.92 Å². The van der Waals surface area contributed by atoms with E-state index in [0.29, 0.717) is 13.2 Å². The molecule has 1 heterocycles. The number of nitrogens with zero attached hydrogens (tertiary/aromatic N) is 1. The van der Waals surface area contributed by atoms with Crippen LogP contribution in [0, 0.1) is 5.41 Å². The third kappa shape index (κ3) is 2.92. The molecule has 4 heteroatoms. The molecule has 15 heavy (non-hydrogen) atoms. The molecule has 0 aromatic carbocycles. The normalized spacial score (nSPS) is 28.1. The summed E-state index contributed by atoms with van der Waals surface area (Å²) >= 11 is 0. The molecule has 88 valence electrons. The Morgan fingerprint density at radius 2 is 2.33 bits per heavy atom. The number of carbonyl (C=O) groups is 1. The maximum atomic E-state index is 11.9. The predicted octanol–water partition coefficient (Wildman–Crippen LogP) is 0.609. The van der Waals surface area contributed by atoms with Crippen LogP contribution in [0.2, 0.25) is 0 Å². The van der Waals surface area contributed by atoms with Crippen LogP contribution in [-0.4, -0.2) is 43.2 Å². The lowest BCUT2D eigenvalue weighted by atomic mass is 9.90. The Bertz CT molecular complexity index is 233. The maximum Gasteiger partial charge on any atom is 0.251 e. The highest BCUT2D eigenvalue weighted by atomic mass is 16.5. The van der Waals surface area contributed by atoms with Gasteiger partial charge in [0, 0.05) is 19.7 Å². The molecular formula is C11H22N2O2. The molecule has 1 aliphatic heterocycles. The highest BCUT2D eigenvalue weighted by Gasteiger charge is 2.36. The molecule has 1 aliphatic rings. The van der Waals surface area contributed by atoms with Gasteiger partial charge in [0.15, 0.2) is 0 Å². The summed E-state index contributed by atoms with van der Waals surface area (Å²) in [6.07, 6.45) is 0.670. The molecule has 0 aromatic rings. The average Bonchev–Trinajstić information content (AvgIpc) is 2.61. The first-order valence-corrected chi connectivity index (χ1v) is 5.63. The summed E-state index contributed by atoms with van der Waals surface area (Å²) in [5.74, 6) is 0.0917. The largest absolute Gasteiger partial charge is 0.369 e. The summed E-state index contributed by atoms with van der Waals surface area (Å²) in [7, 11) is 0. The molecule has 2 unspecified atom stereocenters. The third-order valence-corrected chi connectivity index (χ3v) is 3.13. The summed E-state index contributed by atoms with van der Waals surface area (Å²) in [6.45, 7) is 8.63. The Balaban J connectivity index is 2.50. The van der Waals surface area contributed by atoms with Crippen LogP contribution in [0.15, 0.2) is 0 Å². The number of amides is 1. The van der Waals surface area contributed by atoms with E-state index in [-0.39, 0.29) is 17.4 Å². The molecule has 0 saturated carbocycles. The van der Waals surface area contributed by atoms with Gasteiger partial charge in [-0.25, -0.2) is 0 Å². The van der Waals surface area contributed by atoms with E-state index in [0.717, 1.165) is 19.5 Å². The highest BCUT2D eigenvalue weighted by Crippen LogP contribution is 2.28. The van der Waals surface area contributed by atoms with Crippen molar-refractivity contribution in [3.05, 3.63) is 0 Å². The van der Waals surface area contributed by atoms with Crippen molar-refractivity contribution in [3.8, 4) is 0 Å². The second-order valence-corrected chi connectivity index (χ2v) is 4.62. The van der Waals surface area contributed by atoms with Crippen molar-refractivity contribution < 1.29 is 9.53 Å². The standard InChI is InChI=1S/C11H22N2O2/c1-4-15-9(2)10(14)13-6-5-11(3,7-12)8-13/h9H,4-8,12H2,1-3H3. The van der Waals surface area contributed by atoms with Gasteiger partial charge in [-0.3, -0.25) is 4.79 Å². The summed E-state index contributed by atoms with van der Waals surface area (Å²) < 4.78 is 5.30. The number of hydrogen-bond donors (Lipinski definition) is 1. The number of carbonyl (C=O) groups excluding carboxylic acids is 1. The van der Waals surface area contributed by atoms with Gasteiger partial charge in [-0.15, -0.1) is 0 Å². The summed E-state index contributed by atoms with van der Waals surface area (Å²) in [6, 6.07) is 0. The van der Waals surface area contributed by atoms with Crippen LogP contribution < -0.4 is 5.73 Å². The van der Waals surface area contributed by atoms with Crippen molar-refractivity contribution in [1.29, 1.82) is 0 Å². The zero-order valence-electron chi connectivity index (χ0n) is 9.95. The molecule has 2 atom stereocenters. The summed E-state index contributed by atoms with van der Waals surface area (Å²) in [5.41, 5.74) is 5.79. The Hall–Kier alpha value is -0.610. The summed E-state index contributed by atoms with van der Waals surface area (Å²) in [5, 5.41) is 0. The number of ether oxygens (including phenoxy) is 1. The quantitative estimate of drug-likeness (QED) is 0.746. The Morgan fingerprint density at radius 3 is 2.80 bits per heavy atom. The van der Waals surface area contributed by atoms with Crippen LogP contribution >= 0.6 is 0 Å². The average molecular weight is 214 g/mol. The number of likely N-dealkylation sites (tertiary alicyclic amines) is 1. The molecule has 0 radical (unpaired) electrons. The fraction of sp³-hybridized carbons (Fsp3) is 0.909. The van der Waals surface area contributed by atoms with E-state index >= 15 is 0 Å². The topological polar surface area (TPSA) is 55.6 Å². The monoisotopic (exact) mass is 214 g/mol. The predicted molar refractivity (Wildman–Crippen MR) is 59.4 cm³/mol. The van der Waals surface area contributed by atoms with Gasteiger partial charge in [0.1, 0.15) is 6.10 Å². The van der Waals surface area contributed by atoms with Crippen LogP contribution in [0.1, 0.15) is 27.2 Å². The van der Waals surface area contributed by atoms with Gasteiger partial charge in [0.05, 0.1) is 0 Å². The van der Waals surface area contributed by atoms with E-state index in [1.165, 1.54) is 0 Å². The van der Waals surface area contributed by atoms with Crippen LogP contribution in [0.25, 0.3) is 0 Å². The first-order valence-electron chi connectivity index (χ1n) is 5.63. The minimum atomic E-state index is -0.324. The second kappa shape index (κ2) is 4.94. The first kappa shape index (κ1) is 12.5. The van der Waals surface area contributed by atoms with Crippen molar-refractivity contribution in [2.45, 2.75) is 33.3 Å². The molecule has 1 fully saturated rings. The van der Waals surface area contributed by atoms with Crippen molar-refractivity contribution >= 4 is 5.91 Å². The molecular weight excluding hydrogens is 192 g/mol. The maximum absolute atomic E-state index is 11.9. The van der Waals surface area contributed by atoms with Gasteiger partial charge in [0.2, 0.25) is 0 Å². The van der Waals surface area contributed by atoms with Gasteiger partial charge in [0.25, 0.3) is 5.91 Å². The minimum Gasteiger partial charge on any atom is -0.369 e. The van der Waals surface area contributed by atoms with Gasteiger partial charge in [-0.05, 0) is 32.2 Å². The van der Waals surface area contributed by atoms with Crippen LogP contribution in [-0.2, 0) is 9.53 Å². The molecule has 0 aliphatic carbocycles. The van der Waals surface area contributed by atoms with Crippen molar-refractivity contribution in [2.24, 2.45) is 11.1 Å². The van der Waals surface area contributed by atoms with Gasteiger partial charge in [-0.2, -0.15) is 0 Å². The number of nitrogens with two attached hydrogens (primary N) is 1. The lowest BCUT2D eigenvalue weighted by Gasteiger charge is -2.24. The molecule has 1 saturated heterocycles. The Kier molecular flexibility index (Phi) is 4.11. The molecule has 1 amide bonds. The molecule has 0 aromatic heterocycles.